The summed E-state index contributed by atoms with van der Waals surface area (Å²) < 4.78 is 0. The highest BCUT2D eigenvalue weighted by atomic mass is 32.1. The Hall–Kier alpha value is -2.05. The maximum Gasteiger partial charge on any atom is 0.265 e. The molecule has 1 N–H and O–H groups in total. The second-order valence-corrected chi connectivity index (χ2v) is 5.37. The lowest BCUT2D eigenvalue weighted by Crippen LogP contribution is -2.09. The van der Waals surface area contributed by atoms with E-state index in [9.17, 15) is 4.79 Å². The summed E-state index contributed by atoms with van der Waals surface area (Å²) in [7, 11) is 0. The summed E-state index contributed by atoms with van der Waals surface area (Å²) in [5, 5.41) is 4.78. The number of rotatable bonds is 4. The van der Waals surface area contributed by atoms with Gasteiger partial charge in [0.1, 0.15) is 0 Å². The third kappa shape index (κ3) is 4.25. The van der Waals surface area contributed by atoms with Crippen LogP contribution in [0.25, 0.3) is 0 Å². The SMILES string of the molecule is CCCCC#Cc1cccc(NC(=O)c2cccs2)c1. The van der Waals surface area contributed by atoms with Crippen LogP contribution in [0.5, 0.6) is 0 Å². The number of anilines is 1. The van der Waals surface area contributed by atoms with E-state index in [0.29, 0.717) is 4.88 Å². The highest BCUT2D eigenvalue weighted by molar-refractivity contribution is 7.12. The van der Waals surface area contributed by atoms with Crippen molar-refractivity contribution in [3.05, 3.63) is 52.2 Å². The molecule has 0 aliphatic carbocycles. The van der Waals surface area contributed by atoms with E-state index in [0.717, 1.165) is 30.5 Å². The molecule has 2 rings (SSSR count). The van der Waals surface area contributed by atoms with Gasteiger partial charge in [0, 0.05) is 17.7 Å². The molecule has 0 aliphatic heterocycles. The number of carbonyl (C=O) groups is 1. The summed E-state index contributed by atoms with van der Waals surface area (Å²) in [4.78, 5) is 12.7. The summed E-state index contributed by atoms with van der Waals surface area (Å²) >= 11 is 1.43. The third-order valence-corrected chi connectivity index (χ3v) is 3.62. The average Bonchev–Trinajstić information content (AvgIpc) is 2.98. The highest BCUT2D eigenvalue weighted by Gasteiger charge is 2.06. The lowest BCUT2D eigenvalue weighted by atomic mass is 10.2. The molecule has 1 aromatic carbocycles. The molecule has 0 atom stereocenters. The van der Waals surface area contributed by atoms with Crippen molar-refractivity contribution in [3.63, 3.8) is 0 Å². The van der Waals surface area contributed by atoms with Crippen LogP contribution in [0.1, 0.15) is 41.4 Å². The molecule has 0 bridgehead atoms. The van der Waals surface area contributed by atoms with Crippen molar-refractivity contribution in [2.24, 2.45) is 0 Å². The molecule has 0 aliphatic rings. The molecular weight excluding hydrogens is 266 g/mol. The number of carbonyl (C=O) groups excluding carboxylic acids is 1. The standard InChI is InChI=1S/C17H17NOS/c1-2-3-4-5-8-14-9-6-10-15(13-14)18-17(19)16-11-7-12-20-16/h6-7,9-13H,2-4H2,1H3,(H,18,19). The van der Waals surface area contributed by atoms with E-state index in [4.69, 9.17) is 0 Å². The molecule has 1 heterocycles. The Labute approximate surface area is 123 Å². The van der Waals surface area contributed by atoms with Crippen molar-refractivity contribution < 1.29 is 4.79 Å². The minimum Gasteiger partial charge on any atom is -0.321 e. The zero-order valence-electron chi connectivity index (χ0n) is 11.5. The lowest BCUT2D eigenvalue weighted by molar-refractivity contribution is 0.103. The number of unbranched alkanes of at least 4 members (excludes halogenated alkanes) is 2. The fourth-order valence-corrected chi connectivity index (χ4v) is 2.32. The van der Waals surface area contributed by atoms with Gasteiger partial charge in [-0.3, -0.25) is 4.79 Å². The van der Waals surface area contributed by atoms with Gasteiger partial charge in [-0.15, -0.1) is 11.3 Å². The van der Waals surface area contributed by atoms with Crippen LogP contribution >= 0.6 is 11.3 Å². The number of amides is 1. The minimum atomic E-state index is -0.0731. The molecule has 20 heavy (non-hydrogen) atoms. The van der Waals surface area contributed by atoms with Crippen LogP contribution < -0.4 is 5.32 Å². The molecule has 1 amide bonds. The van der Waals surface area contributed by atoms with Crippen molar-refractivity contribution in [2.45, 2.75) is 26.2 Å². The zero-order valence-corrected chi connectivity index (χ0v) is 12.3. The molecular formula is C17H17NOS. The maximum absolute atomic E-state index is 11.9. The summed E-state index contributed by atoms with van der Waals surface area (Å²) in [6.45, 7) is 2.16. The number of hydrogen-bond donors (Lipinski definition) is 1. The first kappa shape index (κ1) is 14.4. The molecule has 0 saturated heterocycles. The molecule has 0 radical (unpaired) electrons. The van der Waals surface area contributed by atoms with E-state index in [-0.39, 0.29) is 5.91 Å². The monoisotopic (exact) mass is 283 g/mol. The van der Waals surface area contributed by atoms with Gasteiger partial charge in [0.25, 0.3) is 5.91 Å². The van der Waals surface area contributed by atoms with Crippen molar-refractivity contribution in [2.75, 3.05) is 5.32 Å². The molecule has 0 spiro atoms. The molecule has 2 aromatic rings. The van der Waals surface area contributed by atoms with Crippen LogP contribution in [-0.2, 0) is 0 Å². The molecule has 0 saturated carbocycles. The van der Waals surface area contributed by atoms with Crippen molar-refractivity contribution in [1.29, 1.82) is 0 Å². The lowest BCUT2D eigenvalue weighted by Gasteiger charge is -2.03. The molecule has 0 unspecified atom stereocenters. The van der Waals surface area contributed by atoms with Gasteiger partial charge >= 0.3 is 0 Å². The van der Waals surface area contributed by atoms with E-state index in [1.54, 1.807) is 0 Å². The van der Waals surface area contributed by atoms with Crippen LogP contribution in [0.15, 0.2) is 41.8 Å². The summed E-state index contributed by atoms with van der Waals surface area (Å²) in [6.07, 6.45) is 3.20. The first-order valence-corrected chi connectivity index (χ1v) is 7.61. The van der Waals surface area contributed by atoms with E-state index >= 15 is 0 Å². The Morgan fingerprint density at radius 1 is 1.30 bits per heavy atom. The second-order valence-electron chi connectivity index (χ2n) is 4.42. The van der Waals surface area contributed by atoms with Crippen LogP contribution in [0.3, 0.4) is 0 Å². The van der Waals surface area contributed by atoms with E-state index in [1.807, 2.05) is 41.8 Å². The topological polar surface area (TPSA) is 29.1 Å². The third-order valence-electron chi connectivity index (χ3n) is 2.75. The van der Waals surface area contributed by atoms with Crippen molar-refractivity contribution in [1.82, 2.24) is 0 Å². The second kappa shape index (κ2) is 7.52. The largest absolute Gasteiger partial charge is 0.321 e. The van der Waals surface area contributed by atoms with Crippen LogP contribution in [0.4, 0.5) is 5.69 Å². The normalized spacial score (nSPS) is 9.65. The zero-order chi connectivity index (χ0) is 14.2. The number of thiophene rings is 1. The summed E-state index contributed by atoms with van der Waals surface area (Å²) in [5.74, 6) is 6.21. The van der Waals surface area contributed by atoms with Gasteiger partial charge in [0.15, 0.2) is 0 Å². The average molecular weight is 283 g/mol. The van der Waals surface area contributed by atoms with Gasteiger partial charge in [-0.05, 0) is 36.1 Å². The Bertz CT molecular complexity index is 620. The van der Waals surface area contributed by atoms with Crippen LogP contribution in [0, 0.1) is 11.8 Å². The fourth-order valence-electron chi connectivity index (χ4n) is 1.70. The van der Waals surface area contributed by atoms with Gasteiger partial charge in [0.05, 0.1) is 4.88 Å². The molecule has 0 fully saturated rings. The Morgan fingerprint density at radius 3 is 2.95 bits per heavy atom. The highest BCUT2D eigenvalue weighted by Crippen LogP contribution is 2.14. The maximum atomic E-state index is 11.9. The Morgan fingerprint density at radius 2 is 2.20 bits per heavy atom. The van der Waals surface area contributed by atoms with Gasteiger partial charge < -0.3 is 5.32 Å². The van der Waals surface area contributed by atoms with Gasteiger partial charge in [-0.1, -0.05) is 37.3 Å². The predicted molar refractivity (Wildman–Crippen MR) is 85.1 cm³/mol. The molecule has 3 heteroatoms. The Balaban J connectivity index is 2.02. The van der Waals surface area contributed by atoms with Crippen LogP contribution in [0.2, 0.25) is 0 Å². The number of hydrogen-bond acceptors (Lipinski definition) is 2. The smallest absolute Gasteiger partial charge is 0.265 e. The first-order chi connectivity index (χ1) is 9.79. The first-order valence-electron chi connectivity index (χ1n) is 6.73. The Kier molecular flexibility index (Phi) is 5.40. The summed E-state index contributed by atoms with van der Waals surface area (Å²) in [6, 6.07) is 11.3. The van der Waals surface area contributed by atoms with Crippen molar-refractivity contribution >= 4 is 22.9 Å². The van der Waals surface area contributed by atoms with Gasteiger partial charge in [0.2, 0.25) is 0 Å². The van der Waals surface area contributed by atoms with E-state index in [1.165, 1.54) is 11.3 Å². The predicted octanol–water partition coefficient (Wildman–Crippen LogP) is 4.54. The van der Waals surface area contributed by atoms with E-state index in [2.05, 4.69) is 24.1 Å². The van der Waals surface area contributed by atoms with Crippen molar-refractivity contribution in [3.8, 4) is 11.8 Å². The van der Waals surface area contributed by atoms with Crippen LogP contribution in [-0.4, -0.2) is 5.91 Å². The van der Waals surface area contributed by atoms with E-state index < -0.39 is 0 Å². The van der Waals surface area contributed by atoms with Gasteiger partial charge in [-0.25, -0.2) is 0 Å². The minimum absolute atomic E-state index is 0.0731. The van der Waals surface area contributed by atoms with Gasteiger partial charge in [-0.2, -0.15) is 0 Å². The molecule has 102 valence electrons. The summed E-state index contributed by atoms with van der Waals surface area (Å²) in [5.41, 5.74) is 1.72. The quantitative estimate of drug-likeness (QED) is 0.647. The number of nitrogens with one attached hydrogen (secondary N) is 1. The fraction of sp³-hybridized carbons (Fsp3) is 0.235. The number of benzene rings is 1. The molecule has 2 nitrogen and oxygen atoms in total. The molecule has 1 aromatic heterocycles.